The summed E-state index contributed by atoms with van der Waals surface area (Å²) in [6.07, 6.45) is 4.11. The van der Waals surface area contributed by atoms with Crippen LogP contribution in [0.1, 0.15) is 12.8 Å². The van der Waals surface area contributed by atoms with Crippen LogP contribution in [0, 0.1) is 0 Å². The van der Waals surface area contributed by atoms with E-state index in [-0.39, 0.29) is 6.10 Å². The quantitative estimate of drug-likeness (QED) is 0.687. The first-order chi connectivity index (χ1) is 12.1. The number of imidazole rings is 1. The topological polar surface area (TPSA) is 42.7 Å². The number of ether oxygens (including phenoxy) is 1. The van der Waals surface area contributed by atoms with Gasteiger partial charge in [-0.1, -0.05) is 23.2 Å². The predicted octanol–water partition coefficient (Wildman–Crippen LogP) is 4.18. The molecule has 1 aromatic carbocycles. The van der Waals surface area contributed by atoms with Crippen molar-refractivity contribution in [3.63, 3.8) is 0 Å². The first-order valence-corrected chi connectivity index (χ1v) is 9.01. The number of likely N-dealkylation sites (N-methyl/N-ethyl adjacent to an activating group) is 1. The Hall–Kier alpha value is -1.82. The van der Waals surface area contributed by atoms with Gasteiger partial charge in [-0.25, -0.2) is 9.50 Å². The molecule has 1 aliphatic heterocycles. The fourth-order valence-corrected chi connectivity index (χ4v) is 3.69. The maximum Gasteiger partial charge on any atom is 0.232 e. The van der Waals surface area contributed by atoms with Gasteiger partial charge in [0.15, 0.2) is 5.65 Å². The first-order valence-electron chi connectivity index (χ1n) is 8.25. The van der Waals surface area contributed by atoms with Gasteiger partial charge in [-0.05, 0) is 50.7 Å². The summed E-state index contributed by atoms with van der Waals surface area (Å²) in [4.78, 5) is 6.68. The normalized spacial score (nSPS) is 18.6. The molecule has 0 amide bonds. The van der Waals surface area contributed by atoms with Crippen LogP contribution in [0.2, 0.25) is 10.0 Å². The molecule has 0 saturated carbocycles. The first kappa shape index (κ1) is 16.6. The van der Waals surface area contributed by atoms with Crippen LogP contribution in [-0.2, 0) is 0 Å². The van der Waals surface area contributed by atoms with E-state index in [9.17, 15) is 0 Å². The van der Waals surface area contributed by atoms with Gasteiger partial charge in [0.1, 0.15) is 6.10 Å². The summed E-state index contributed by atoms with van der Waals surface area (Å²) in [5.74, 6) is 0.595. The molecule has 3 heterocycles. The summed E-state index contributed by atoms with van der Waals surface area (Å²) >= 11 is 12.3. The monoisotopic (exact) mass is 376 g/mol. The van der Waals surface area contributed by atoms with Crippen molar-refractivity contribution in [2.45, 2.75) is 18.9 Å². The van der Waals surface area contributed by atoms with Crippen LogP contribution in [0.15, 0.2) is 36.5 Å². The lowest BCUT2D eigenvalue weighted by Crippen LogP contribution is -2.38. The predicted molar refractivity (Wildman–Crippen MR) is 99.6 cm³/mol. The third kappa shape index (κ3) is 3.45. The minimum Gasteiger partial charge on any atom is -0.472 e. The van der Waals surface area contributed by atoms with Gasteiger partial charge in [-0.3, -0.25) is 0 Å². The Morgan fingerprint density at radius 3 is 2.88 bits per heavy atom. The second-order valence-electron chi connectivity index (χ2n) is 6.35. The minimum atomic E-state index is 0.162. The number of nitrogens with zero attached hydrogens (tertiary/aromatic N) is 4. The highest BCUT2D eigenvalue weighted by molar-refractivity contribution is 6.36. The van der Waals surface area contributed by atoms with E-state index in [0.717, 1.165) is 42.8 Å². The Bertz CT molecular complexity index is 911. The zero-order valence-electron chi connectivity index (χ0n) is 13.8. The maximum absolute atomic E-state index is 6.34. The highest BCUT2D eigenvalue weighted by atomic mass is 35.5. The van der Waals surface area contributed by atoms with Crippen molar-refractivity contribution in [2.24, 2.45) is 0 Å². The lowest BCUT2D eigenvalue weighted by atomic mass is 10.1. The van der Waals surface area contributed by atoms with Crippen molar-refractivity contribution in [1.29, 1.82) is 0 Å². The van der Waals surface area contributed by atoms with Crippen LogP contribution in [0.5, 0.6) is 5.88 Å². The van der Waals surface area contributed by atoms with Gasteiger partial charge in [0.05, 0.1) is 16.9 Å². The van der Waals surface area contributed by atoms with E-state index in [2.05, 4.69) is 22.0 Å². The van der Waals surface area contributed by atoms with Crippen molar-refractivity contribution in [3.05, 3.63) is 46.6 Å². The molecule has 0 N–H and O–H groups in total. The van der Waals surface area contributed by atoms with Gasteiger partial charge in [0.2, 0.25) is 5.88 Å². The van der Waals surface area contributed by atoms with Crippen LogP contribution >= 0.6 is 23.2 Å². The van der Waals surface area contributed by atoms with Gasteiger partial charge >= 0.3 is 0 Å². The van der Waals surface area contributed by atoms with Gasteiger partial charge in [-0.2, -0.15) is 0 Å². The number of rotatable bonds is 3. The van der Waals surface area contributed by atoms with Crippen LogP contribution < -0.4 is 4.74 Å². The van der Waals surface area contributed by atoms with Crippen molar-refractivity contribution in [2.75, 3.05) is 20.1 Å². The third-order valence-corrected chi connectivity index (χ3v) is 4.96. The highest BCUT2D eigenvalue weighted by Crippen LogP contribution is 2.31. The molecule has 3 aromatic rings. The summed E-state index contributed by atoms with van der Waals surface area (Å²) in [6.45, 7) is 2.03. The molecular formula is C18H18Cl2N4O. The molecule has 130 valence electrons. The molecule has 1 fully saturated rings. The average Bonchev–Trinajstić information content (AvgIpc) is 2.98. The molecule has 0 spiro atoms. The number of benzene rings is 1. The zero-order chi connectivity index (χ0) is 17.4. The Morgan fingerprint density at radius 2 is 2.08 bits per heavy atom. The molecular weight excluding hydrogens is 359 g/mol. The van der Waals surface area contributed by atoms with Gasteiger partial charge in [0, 0.05) is 23.2 Å². The molecule has 4 rings (SSSR count). The van der Waals surface area contributed by atoms with Crippen molar-refractivity contribution in [1.82, 2.24) is 19.5 Å². The lowest BCUT2D eigenvalue weighted by molar-refractivity contribution is 0.0988. The summed E-state index contributed by atoms with van der Waals surface area (Å²) in [7, 11) is 2.11. The second-order valence-corrected chi connectivity index (χ2v) is 7.20. The maximum atomic E-state index is 6.34. The molecule has 0 bridgehead atoms. The van der Waals surface area contributed by atoms with E-state index in [0.29, 0.717) is 15.9 Å². The summed E-state index contributed by atoms with van der Waals surface area (Å²) in [6, 6.07) is 9.17. The summed E-state index contributed by atoms with van der Waals surface area (Å²) < 4.78 is 7.85. The number of fused-ring (bicyclic) bond motifs is 1. The Morgan fingerprint density at radius 1 is 1.20 bits per heavy atom. The number of piperidine rings is 1. The molecule has 1 atom stereocenters. The van der Waals surface area contributed by atoms with Gasteiger partial charge < -0.3 is 9.64 Å². The average molecular weight is 377 g/mol. The number of likely N-dealkylation sites (tertiary alicyclic amines) is 1. The van der Waals surface area contributed by atoms with E-state index < -0.39 is 0 Å². The summed E-state index contributed by atoms with van der Waals surface area (Å²) in [5, 5.41) is 5.78. The van der Waals surface area contributed by atoms with Gasteiger partial charge in [-0.15, -0.1) is 5.10 Å². The van der Waals surface area contributed by atoms with Gasteiger partial charge in [0.25, 0.3) is 0 Å². The van der Waals surface area contributed by atoms with Crippen LogP contribution in [0.4, 0.5) is 0 Å². The lowest BCUT2D eigenvalue weighted by Gasteiger charge is -2.29. The fourth-order valence-electron chi connectivity index (χ4n) is 3.19. The van der Waals surface area contributed by atoms with E-state index in [1.54, 1.807) is 22.8 Å². The summed E-state index contributed by atoms with van der Waals surface area (Å²) in [5.41, 5.74) is 2.39. The third-order valence-electron chi connectivity index (χ3n) is 4.41. The fraction of sp³-hybridized carbons (Fsp3) is 0.333. The Labute approximate surface area is 156 Å². The van der Waals surface area contributed by atoms with Crippen molar-refractivity contribution >= 4 is 28.8 Å². The minimum absolute atomic E-state index is 0.162. The van der Waals surface area contributed by atoms with E-state index in [1.165, 1.54) is 0 Å². The zero-order valence-corrected chi connectivity index (χ0v) is 15.3. The Kier molecular flexibility index (Phi) is 4.54. The molecule has 25 heavy (non-hydrogen) atoms. The standard InChI is InChI=1S/C18H18Cl2N4O/c1-23-8-2-3-13(11-23)25-18-7-6-17-21-10-16(24(17)22-18)14-5-4-12(19)9-15(14)20/h4-7,9-10,13H,2-3,8,11H2,1H3. The van der Waals surface area contributed by atoms with E-state index in [4.69, 9.17) is 27.9 Å². The number of hydrogen-bond donors (Lipinski definition) is 0. The largest absolute Gasteiger partial charge is 0.472 e. The molecule has 0 aliphatic carbocycles. The Balaban J connectivity index is 1.68. The van der Waals surface area contributed by atoms with E-state index in [1.807, 2.05) is 18.2 Å². The number of aromatic nitrogens is 3. The molecule has 2 aromatic heterocycles. The van der Waals surface area contributed by atoms with Crippen LogP contribution in [-0.4, -0.2) is 45.7 Å². The molecule has 5 nitrogen and oxygen atoms in total. The van der Waals surface area contributed by atoms with Crippen molar-refractivity contribution in [3.8, 4) is 17.1 Å². The molecule has 1 unspecified atom stereocenters. The molecule has 0 radical (unpaired) electrons. The van der Waals surface area contributed by atoms with E-state index >= 15 is 0 Å². The second kappa shape index (κ2) is 6.83. The molecule has 7 heteroatoms. The smallest absolute Gasteiger partial charge is 0.232 e. The molecule has 1 saturated heterocycles. The number of hydrogen-bond acceptors (Lipinski definition) is 4. The van der Waals surface area contributed by atoms with Crippen LogP contribution in [0.3, 0.4) is 0 Å². The molecule has 1 aliphatic rings. The van der Waals surface area contributed by atoms with Crippen LogP contribution in [0.25, 0.3) is 16.9 Å². The van der Waals surface area contributed by atoms with Crippen molar-refractivity contribution < 1.29 is 4.74 Å². The number of halogens is 2. The SMILES string of the molecule is CN1CCCC(Oc2ccc3ncc(-c4ccc(Cl)cc4Cl)n3n2)C1. The highest BCUT2D eigenvalue weighted by Gasteiger charge is 2.19.